The summed E-state index contributed by atoms with van der Waals surface area (Å²) < 4.78 is 0. The lowest BCUT2D eigenvalue weighted by molar-refractivity contribution is 0.475. The summed E-state index contributed by atoms with van der Waals surface area (Å²) in [6.45, 7) is 8.62. The van der Waals surface area contributed by atoms with Crippen LogP contribution in [0.3, 0.4) is 0 Å². The molecule has 0 unspecified atom stereocenters. The predicted octanol–water partition coefficient (Wildman–Crippen LogP) is 5.70. The lowest BCUT2D eigenvalue weighted by Crippen LogP contribution is -1.86. The summed E-state index contributed by atoms with van der Waals surface area (Å²) in [4.78, 5) is 0. The van der Waals surface area contributed by atoms with Crippen LogP contribution in [0.1, 0.15) is 22.3 Å². The molecule has 3 aromatic carbocycles. The summed E-state index contributed by atoms with van der Waals surface area (Å²) in [6, 6.07) is 21.9. The Morgan fingerprint density at radius 1 is 0.458 bits per heavy atom. The molecule has 2 heteroatoms. The van der Waals surface area contributed by atoms with Gasteiger partial charge in [0.15, 0.2) is 0 Å². The van der Waals surface area contributed by atoms with Gasteiger partial charge in [0, 0.05) is 0 Å². The van der Waals surface area contributed by atoms with E-state index in [1.807, 2.05) is 12.1 Å². The molecule has 0 bridgehead atoms. The number of aryl methyl sites for hydroxylation is 4. The maximum absolute atomic E-state index is 8.63. The number of phenolic OH excluding ortho intramolecular Hbond substituents is 2. The molecule has 0 radical (unpaired) electrons. The van der Waals surface area contributed by atoms with E-state index in [-0.39, 0.29) is 0 Å². The van der Waals surface area contributed by atoms with Gasteiger partial charge in [-0.3, -0.25) is 0 Å². The third kappa shape index (κ3) is 7.50. The SMILES string of the molecule is Cc1cc(C)c(C)cc1C.Oc1ccccc1.Oc1ccccc1. The molecular formula is C22H26O2. The highest BCUT2D eigenvalue weighted by atomic mass is 16.3. The number of aromatic hydroxyl groups is 2. The zero-order valence-corrected chi connectivity index (χ0v) is 14.8. The van der Waals surface area contributed by atoms with Crippen molar-refractivity contribution in [1.82, 2.24) is 0 Å². The van der Waals surface area contributed by atoms with Crippen molar-refractivity contribution in [3.63, 3.8) is 0 Å². The van der Waals surface area contributed by atoms with E-state index in [2.05, 4.69) is 39.8 Å². The van der Waals surface area contributed by atoms with Crippen LogP contribution in [-0.4, -0.2) is 10.2 Å². The van der Waals surface area contributed by atoms with E-state index >= 15 is 0 Å². The van der Waals surface area contributed by atoms with E-state index in [9.17, 15) is 0 Å². The first-order valence-corrected chi connectivity index (χ1v) is 7.92. The maximum atomic E-state index is 8.63. The highest BCUT2D eigenvalue weighted by Crippen LogP contribution is 2.13. The van der Waals surface area contributed by atoms with Gasteiger partial charge < -0.3 is 10.2 Å². The Bertz CT molecular complexity index is 632. The topological polar surface area (TPSA) is 40.5 Å². The monoisotopic (exact) mass is 322 g/mol. The van der Waals surface area contributed by atoms with Crippen molar-refractivity contribution in [2.24, 2.45) is 0 Å². The molecule has 2 N–H and O–H groups in total. The smallest absolute Gasteiger partial charge is 0.115 e. The zero-order chi connectivity index (χ0) is 17.9. The van der Waals surface area contributed by atoms with E-state index in [4.69, 9.17) is 10.2 Å². The number of para-hydroxylation sites is 2. The summed E-state index contributed by atoms with van der Waals surface area (Å²) in [7, 11) is 0. The second-order valence-electron chi connectivity index (χ2n) is 5.69. The van der Waals surface area contributed by atoms with Gasteiger partial charge in [0.2, 0.25) is 0 Å². The highest BCUT2D eigenvalue weighted by Gasteiger charge is 1.95. The Kier molecular flexibility index (Phi) is 8.14. The van der Waals surface area contributed by atoms with Gasteiger partial charge in [-0.25, -0.2) is 0 Å². The molecule has 24 heavy (non-hydrogen) atoms. The molecule has 0 saturated heterocycles. The van der Waals surface area contributed by atoms with Crippen LogP contribution in [-0.2, 0) is 0 Å². The van der Waals surface area contributed by atoms with E-state index in [1.54, 1.807) is 48.5 Å². The van der Waals surface area contributed by atoms with Crippen LogP contribution >= 0.6 is 0 Å². The number of benzene rings is 3. The molecule has 3 rings (SSSR count). The molecule has 0 aliphatic heterocycles. The minimum absolute atomic E-state index is 0.322. The molecular weight excluding hydrogens is 296 g/mol. The summed E-state index contributed by atoms with van der Waals surface area (Å²) >= 11 is 0. The van der Waals surface area contributed by atoms with E-state index in [1.165, 1.54) is 22.3 Å². The largest absolute Gasteiger partial charge is 0.508 e. The average molecular weight is 322 g/mol. The standard InChI is InChI=1S/C10H14.2C6H6O/c1-7-5-9(3)10(4)6-8(7)2;2*7-6-4-2-1-3-5-6/h5-6H,1-4H3;2*1-5,7H. The fraction of sp³-hybridized carbons (Fsp3) is 0.182. The van der Waals surface area contributed by atoms with E-state index < -0.39 is 0 Å². The van der Waals surface area contributed by atoms with Crippen molar-refractivity contribution in [3.8, 4) is 11.5 Å². The van der Waals surface area contributed by atoms with Crippen LogP contribution in [0.2, 0.25) is 0 Å². The van der Waals surface area contributed by atoms with Gasteiger partial charge in [-0.1, -0.05) is 48.5 Å². The first-order chi connectivity index (χ1) is 11.4. The Morgan fingerprint density at radius 3 is 0.875 bits per heavy atom. The van der Waals surface area contributed by atoms with E-state index in [0.29, 0.717) is 11.5 Å². The third-order valence-electron chi connectivity index (χ3n) is 3.62. The average Bonchev–Trinajstić information content (AvgIpc) is 2.56. The predicted molar refractivity (Wildman–Crippen MR) is 102 cm³/mol. The molecule has 126 valence electrons. The molecule has 0 fully saturated rings. The minimum Gasteiger partial charge on any atom is -0.508 e. The van der Waals surface area contributed by atoms with Crippen LogP contribution in [0, 0.1) is 27.7 Å². The quantitative estimate of drug-likeness (QED) is 0.557. The van der Waals surface area contributed by atoms with Gasteiger partial charge >= 0.3 is 0 Å². The number of rotatable bonds is 0. The lowest BCUT2D eigenvalue weighted by atomic mass is 10.0. The van der Waals surface area contributed by atoms with Crippen LogP contribution in [0.4, 0.5) is 0 Å². The Morgan fingerprint density at radius 2 is 0.708 bits per heavy atom. The molecule has 0 aliphatic rings. The van der Waals surface area contributed by atoms with Crippen molar-refractivity contribution < 1.29 is 10.2 Å². The molecule has 0 atom stereocenters. The first kappa shape index (κ1) is 19.3. The van der Waals surface area contributed by atoms with Gasteiger partial charge in [0.05, 0.1) is 0 Å². The first-order valence-electron chi connectivity index (χ1n) is 7.92. The molecule has 0 aromatic heterocycles. The maximum Gasteiger partial charge on any atom is 0.115 e. The number of phenols is 2. The lowest BCUT2D eigenvalue weighted by Gasteiger charge is -2.04. The van der Waals surface area contributed by atoms with Crippen LogP contribution in [0.25, 0.3) is 0 Å². The summed E-state index contributed by atoms with van der Waals surface area (Å²) in [5.74, 6) is 0.644. The Hall–Kier alpha value is -2.74. The van der Waals surface area contributed by atoms with Crippen molar-refractivity contribution in [1.29, 1.82) is 0 Å². The molecule has 2 nitrogen and oxygen atoms in total. The fourth-order valence-corrected chi connectivity index (χ4v) is 1.96. The van der Waals surface area contributed by atoms with Crippen molar-refractivity contribution in [2.45, 2.75) is 27.7 Å². The van der Waals surface area contributed by atoms with Crippen molar-refractivity contribution in [2.75, 3.05) is 0 Å². The van der Waals surface area contributed by atoms with Gasteiger partial charge in [-0.05, 0) is 74.2 Å². The molecule has 3 aromatic rings. The van der Waals surface area contributed by atoms with Gasteiger partial charge in [-0.2, -0.15) is 0 Å². The number of hydrogen-bond donors (Lipinski definition) is 2. The van der Waals surface area contributed by atoms with Crippen LogP contribution in [0.15, 0.2) is 72.8 Å². The number of hydrogen-bond acceptors (Lipinski definition) is 2. The Balaban J connectivity index is 0.000000185. The summed E-state index contributed by atoms with van der Waals surface area (Å²) in [5, 5.41) is 17.3. The molecule has 0 spiro atoms. The summed E-state index contributed by atoms with van der Waals surface area (Å²) in [5.41, 5.74) is 5.57. The third-order valence-corrected chi connectivity index (χ3v) is 3.62. The zero-order valence-electron chi connectivity index (χ0n) is 14.8. The fourth-order valence-electron chi connectivity index (χ4n) is 1.96. The highest BCUT2D eigenvalue weighted by molar-refractivity contribution is 5.35. The van der Waals surface area contributed by atoms with E-state index in [0.717, 1.165) is 0 Å². The van der Waals surface area contributed by atoms with Crippen molar-refractivity contribution >= 4 is 0 Å². The summed E-state index contributed by atoms with van der Waals surface area (Å²) in [6.07, 6.45) is 0. The molecule has 0 heterocycles. The molecule has 0 amide bonds. The van der Waals surface area contributed by atoms with Crippen LogP contribution in [0.5, 0.6) is 11.5 Å². The second kappa shape index (κ2) is 10.1. The molecule has 0 aliphatic carbocycles. The van der Waals surface area contributed by atoms with Crippen molar-refractivity contribution in [3.05, 3.63) is 95.1 Å². The Labute approximate surface area is 145 Å². The molecule has 0 saturated carbocycles. The minimum atomic E-state index is 0.322. The van der Waals surface area contributed by atoms with Gasteiger partial charge in [0.1, 0.15) is 11.5 Å². The van der Waals surface area contributed by atoms with Crippen LogP contribution < -0.4 is 0 Å². The van der Waals surface area contributed by atoms with Gasteiger partial charge in [0.25, 0.3) is 0 Å². The van der Waals surface area contributed by atoms with Gasteiger partial charge in [-0.15, -0.1) is 0 Å². The second-order valence-corrected chi connectivity index (χ2v) is 5.69. The normalized spacial score (nSPS) is 9.17.